The number of amides is 1. The monoisotopic (exact) mass is 405 g/mol. The summed E-state index contributed by atoms with van der Waals surface area (Å²) in [6, 6.07) is 7.36. The minimum Gasteiger partial charge on any atom is -0.445 e. The van der Waals surface area contributed by atoms with Crippen molar-refractivity contribution in [2.24, 2.45) is 0 Å². The van der Waals surface area contributed by atoms with Gasteiger partial charge in [0.2, 0.25) is 0 Å². The molecule has 2 atom stereocenters. The van der Waals surface area contributed by atoms with E-state index in [2.05, 4.69) is 30.8 Å². The zero-order chi connectivity index (χ0) is 18.9. The minimum absolute atomic E-state index is 0.0583. The third-order valence-electron chi connectivity index (χ3n) is 6.46. The number of thiophene rings is 2. The predicted octanol–water partition coefficient (Wildman–Crippen LogP) is 5.50. The van der Waals surface area contributed by atoms with Gasteiger partial charge < -0.3 is 9.22 Å². The fourth-order valence-corrected chi connectivity index (χ4v) is 6.44. The van der Waals surface area contributed by atoms with Crippen LogP contribution in [0, 0.1) is 0 Å². The molecule has 2 aromatic rings. The van der Waals surface area contributed by atoms with E-state index in [-0.39, 0.29) is 12.2 Å². The van der Waals surface area contributed by atoms with E-state index in [0.29, 0.717) is 18.6 Å². The van der Waals surface area contributed by atoms with Gasteiger partial charge in [0, 0.05) is 25.7 Å². The number of piperidine rings is 1. The zero-order valence-corrected chi connectivity index (χ0v) is 17.8. The van der Waals surface area contributed by atoms with Gasteiger partial charge in [0.05, 0.1) is 32.2 Å². The molecular weight excluding hydrogens is 376 g/mol. The van der Waals surface area contributed by atoms with Gasteiger partial charge in [-0.2, -0.15) is 11.3 Å². The van der Waals surface area contributed by atoms with Crippen LogP contribution in [0.15, 0.2) is 34.3 Å². The fraction of sp³-hybridized carbons (Fsp3) is 0.571. The molecule has 6 heteroatoms. The molecule has 2 aliphatic rings. The first-order valence-corrected chi connectivity index (χ1v) is 11.8. The van der Waals surface area contributed by atoms with Gasteiger partial charge in [-0.15, -0.1) is 11.3 Å². The van der Waals surface area contributed by atoms with Crippen LogP contribution >= 0.6 is 22.7 Å². The van der Waals surface area contributed by atoms with Crippen LogP contribution in [-0.4, -0.2) is 42.4 Å². The summed E-state index contributed by atoms with van der Waals surface area (Å²) < 4.78 is 7.25. The van der Waals surface area contributed by atoms with Gasteiger partial charge in [-0.05, 0) is 46.3 Å². The predicted molar refractivity (Wildman–Crippen MR) is 112 cm³/mol. The van der Waals surface area contributed by atoms with Crippen LogP contribution in [0.1, 0.15) is 44.6 Å². The Balaban J connectivity index is 1.44. The maximum Gasteiger partial charge on any atom is 0.415 e. The van der Waals surface area contributed by atoms with Gasteiger partial charge in [-0.1, -0.05) is 6.92 Å². The molecule has 2 saturated heterocycles. The van der Waals surface area contributed by atoms with E-state index < -0.39 is 0 Å². The highest BCUT2D eigenvalue weighted by Crippen LogP contribution is 2.42. The lowest BCUT2D eigenvalue weighted by Crippen LogP contribution is -2.59. The Hall–Kier alpha value is -1.37. The quantitative estimate of drug-likeness (QED) is 0.594. The molecule has 4 nitrogen and oxygen atoms in total. The molecule has 146 valence electrons. The number of anilines is 1. The molecule has 2 bridgehead atoms. The van der Waals surface area contributed by atoms with Crippen molar-refractivity contribution in [3.05, 3.63) is 39.9 Å². The van der Waals surface area contributed by atoms with Crippen molar-refractivity contribution in [2.45, 2.75) is 63.8 Å². The molecule has 4 rings (SSSR count). The van der Waals surface area contributed by atoms with Crippen molar-refractivity contribution < 1.29 is 14.0 Å². The molecule has 4 heterocycles. The number of nitrogens with zero attached hydrogens (tertiary/aromatic N) is 2. The number of rotatable bonds is 6. The minimum atomic E-state index is -0.195. The third kappa shape index (κ3) is 3.80. The standard InChI is InChI=1S/C21H29N2O2S2/c1-3-9-23(2)17-6-7-18(23)13-19(12-17)25-21(24)22(20-5-4-10-27-20)14-16-8-11-26-15-16/h4-5,8,10-11,15,17-19H,3,6-7,9,12-14H2,1-2H3/q+1. The average molecular weight is 406 g/mol. The Labute approximate surface area is 170 Å². The van der Waals surface area contributed by atoms with E-state index in [1.807, 2.05) is 17.5 Å². The van der Waals surface area contributed by atoms with Crippen LogP contribution in [0.2, 0.25) is 0 Å². The number of ether oxygens (including phenoxy) is 1. The Morgan fingerprint density at radius 3 is 2.63 bits per heavy atom. The van der Waals surface area contributed by atoms with E-state index in [0.717, 1.165) is 23.4 Å². The number of hydrogen-bond donors (Lipinski definition) is 0. The van der Waals surface area contributed by atoms with Crippen molar-refractivity contribution in [3.8, 4) is 0 Å². The van der Waals surface area contributed by atoms with Gasteiger partial charge in [-0.3, -0.25) is 4.90 Å². The van der Waals surface area contributed by atoms with Crippen molar-refractivity contribution in [2.75, 3.05) is 18.5 Å². The maximum absolute atomic E-state index is 13.1. The summed E-state index contributed by atoms with van der Waals surface area (Å²) in [5, 5.41) is 7.12. The second-order valence-corrected chi connectivity index (χ2v) is 9.81. The number of fused-ring (bicyclic) bond motifs is 2. The molecule has 0 aliphatic carbocycles. The number of carbonyl (C=O) groups is 1. The highest BCUT2D eigenvalue weighted by molar-refractivity contribution is 7.14. The first kappa shape index (κ1) is 19.0. The van der Waals surface area contributed by atoms with Crippen LogP contribution in [-0.2, 0) is 11.3 Å². The third-order valence-corrected chi connectivity index (χ3v) is 8.08. The lowest BCUT2D eigenvalue weighted by atomic mass is 9.96. The smallest absolute Gasteiger partial charge is 0.415 e. The molecule has 0 N–H and O–H groups in total. The highest BCUT2D eigenvalue weighted by atomic mass is 32.1. The molecule has 2 fully saturated rings. The van der Waals surface area contributed by atoms with Gasteiger partial charge in [0.1, 0.15) is 11.1 Å². The molecule has 0 spiro atoms. The van der Waals surface area contributed by atoms with Gasteiger partial charge in [-0.25, -0.2) is 4.79 Å². The van der Waals surface area contributed by atoms with Crippen molar-refractivity contribution >= 4 is 33.8 Å². The second-order valence-electron chi connectivity index (χ2n) is 8.10. The average Bonchev–Trinajstić information content (AvgIpc) is 3.36. The van der Waals surface area contributed by atoms with Crippen molar-refractivity contribution in [3.63, 3.8) is 0 Å². The van der Waals surface area contributed by atoms with E-state index in [4.69, 9.17) is 4.74 Å². The first-order valence-electron chi connectivity index (χ1n) is 9.97. The van der Waals surface area contributed by atoms with Gasteiger partial charge in [0.15, 0.2) is 0 Å². The molecule has 1 amide bonds. The van der Waals surface area contributed by atoms with E-state index in [9.17, 15) is 4.79 Å². The Morgan fingerprint density at radius 2 is 2.04 bits per heavy atom. The lowest BCUT2D eigenvalue weighted by Gasteiger charge is -2.46. The molecule has 2 aliphatic heterocycles. The SMILES string of the molecule is CCC[N+]1(C)C2CCC1CC(OC(=O)N(Cc1ccsc1)c1cccs1)C2. The zero-order valence-electron chi connectivity index (χ0n) is 16.2. The van der Waals surface area contributed by atoms with E-state index in [1.165, 1.54) is 30.3 Å². The normalized spacial score (nSPS) is 29.6. The van der Waals surface area contributed by atoms with Crippen LogP contribution in [0.3, 0.4) is 0 Å². The summed E-state index contributed by atoms with van der Waals surface area (Å²) in [6.07, 6.45) is 5.66. The Morgan fingerprint density at radius 1 is 1.26 bits per heavy atom. The number of carbonyl (C=O) groups excluding carboxylic acids is 1. The van der Waals surface area contributed by atoms with Crippen molar-refractivity contribution in [1.29, 1.82) is 0 Å². The summed E-state index contributed by atoms with van der Waals surface area (Å²) >= 11 is 3.25. The Bertz CT molecular complexity index is 730. The Kier molecular flexibility index (Phi) is 5.58. The van der Waals surface area contributed by atoms with Crippen LogP contribution < -0.4 is 4.90 Å². The van der Waals surface area contributed by atoms with Crippen LogP contribution in [0.5, 0.6) is 0 Å². The van der Waals surface area contributed by atoms with Gasteiger partial charge in [0.25, 0.3) is 0 Å². The molecular formula is C21H29N2O2S2+. The number of quaternary nitrogens is 1. The van der Waals surface area contributed by atoms with Crippen molar-refractivity contribution in [1.82, 2.24) is 0 Å². The summed E-state index contributed by atoms with van der Waals surface area (Å²) in [7, 11) is 2.42. The summed E-state index contributed by atoms with van der Waals surface area (Å²) in [5.41, 5.74) is 1.15. The highest BCUT2D eigenvalue weighted by Gasteiger charge is 2.52. The fourth-order valence-electron chi connectivity index (χ4n) is 5.06. The summed E-state index contributed by atoms with van der Waals surface area (Å²) in [4.78, 5) is 14.9. The second kappa shape index (κ2) is 7.94. The number of hydrogen-bond acceptors (Lipinski definition) is 4. The molecule has 2 unspecified atom stereocenters. The van der Waals surface area contributed by atoms with Crippen LogP contribution in [0.25, 0.3) is 0 Å². The van der Waals surface area contributed by atoms with E-state index in [1.54, 1.807) is 27.6 Å². The summed E-state index contributed by atoms with van der Waals surface area (Å²) in [5.74, 6) is 0. The lowest BCUT2D eigenvalue weighted by molar-refractivity contribution is -0.949. The molecule has 2 aromatic heterocycles. The molecule has 0 radical (unpaired) electrons. The molecule has 0 saturated carbocycles. The molecule has 27 heavy (non-hydrogen) atoms. The van der Waals surface area contributed by atoms with Crippen LogP contribution in [0.4, 0.5) is 9.80 Å². The van der Waals surface area contributed by atoms with Gasteiger partial charge >= 0.3 is 6.09 Å². The summed E-state index contributed by atoms with van der Waals surface area (Å²) in [6.45, 7) is 4.10. The molecule has 0 aromatic carbocycles. The first-order chi connectivity index (χ1) is 13.1. The maximum atomic E-state index is 13.1. The topological polar surface area (TPSA) is 29.5 Å². The van der Waals surface area contributed by atoms with E-state index >= 15 is 0 Å². The largest absolute Gasteiger partial charge is 0.445 e.